The molecule has 0 radical (unpaired) electrons. The molecule has 3 rings (SSSR count). The Morgan fingerprint density at radius 1 is 1.23 bits per heavy atom. The molecule has 0 spiro atoms. The highest BCUT2D eigenvalue weighted by atomic mass is 19.4. The monoisotopic (exact) mass is 430 g/mol. The number of aromatic nitrogens is 3. The van der Waals surface area contributed by atoms with Crippen molar-refractivity contribution in [1.82, 2.24) is 19.9 Å². The van der Waals surface area contributed by atoms with Crippen LogP contribution in [0.2, 0.25) is 0 Å². The summed E-state index contributed by atoms with van der Waals surface area (Å²) in [4.78, 5) is 11.4. The zero-order valence-corrected chi connectivity index (χ0v) is 16.5. The Bertz CT molecular complexity index is 803. The summed E-state index contributed by atoms with van der Waals surface area (Å²) in [5.41, 5.74) is 1.88. The van der Waals surface area contributed by atoms with E-state index in [0.717, 1.165) is 32.4 Å². The summed E-state index contributed by atoms with van der Waals surface area (Å²) in [7, 11) is 0. The molecule has 1 saturated heterocycles. The predicted octanol–water partition coefficient (Wildman–Crippen LogP) is 2.38. The number of aliphatic hydroxyl groups is 1. The van der Waals surface area contributed by atoms with E-state index in [1.807, 2.05) is 23.0 Å². The summed E-state index contributed by atoms with van der Waals surface area (Å²) < 4.78 is 33.6. The van der Waals surface area contributed by atoms with Crippen LogP contribution in [0.15, 0.2) is 30.5 Å². The molecule has 8 nitrogen and oxygen atoms in total. The van der Waals surface area contributed by atoms with Gasteiger partial charge in [-0.25, -0.2) is 9.48 Å². The number of aliphatic carboxylic acids is 1. The first-order chi connectivity index (χ1) is 14.1. The number of carboxylic acid groups (broad SMARTS) is 1. The first-order valence-corrected chi connectivity index (χ1v) is 9.43. The fourth-order valence-corrected chi connectivity index (χ4v) is 3.26. The van der Waals surface area contributed by atoms with Crippen LogP contribution in [-0.2, 0) is 17.8 Å². The average Bonchev–Trinajstić information content (AvgIpc) is 3.19. The number of likely N-dealkylation sites (tertiary alicyclic amines) is 1. The molecule has 0 amide bonds. The molecule has 0 aliphatic carbocycles. The standard InChI is InChI=1S/C17H24N4O2.C2HF3O2/c1-13(10-14-2-4-17(23)5-3-14)20-8-6-16(7-9-20)21-11-15(12-22)18-19-21;3-2(4,5)1(6)7/h2-5,11,13,16,22-23H,6-10,12H2,1H3;(H,6,7). The minimum atomic E-state index is -5.08. The Morgan fingerprint density at radius 3 is 2.27 bits per heavy atom. The second-order valence-electron chi connectivity index (χ2n) is 7.14. The summed E-state index contributed by atoms with van der Waals surface area (Å²) in [5, 5.41) is 33.6. The van der Waals surface area contributed by atoms with Crippen LogP contribution in [0.1, 0.15) is 37.1 Å². The number of hydrogen-bond acceptors (Lipinski definition) is 6. The van der Waals surface area contributed by atoms with Gasteiger partial charge in [-0.1, -0.05) is 17.3 Å². The van der Waals surface area contributed by atoms with Crippen LogP contribution in [0.3, 0.4) is 0 Å². The molecule has 1 fully saturated rings. The van der Waals surface area contributed by atoms with Crippen molar-refractivity contribution in [3.8, 4) is 5.75 Å². The third-order valence-electron chi connectivity index (χ3n) is 4.93. The van der Waals surface area contributed by atoms with Gasteiger partial charge in [-0.2, -0.15) is 13.2 Å². The Kier molecular flexibility index (Phi) is 8.18. The van der Waals surface area contributed by atoms with E-state index < -0.39 is 12.1 Å². The lowest BCUT2D eigenvalue weighted by molar-refractivity contribution is -0.192. The number of nitrogens with zero attached hydrogens (tertiary/aromatic N) is 4. The van der Waals surface area contributed by atoms with Crippen LogP contribution in [0, 0.1) is 0 Å². The van der Waals surface area contributed by atoms with E-state index in [1.54, 1.807) is 12.1 Å². The van der Waals surface area contributed by atoms with E-state index in [9.17, 15) is 18.3 Å². The lowest BCUT2D eigenvalue weighted by Gasteiger charge is -2.36. The third kappa shape index (κ3) is 6.99. The molecule has 1 unspecified atom stereocenters. The van der Waals surface area contributed by atoms with Crippen LogP contribution in [0.5, 0.6) is 5.75 Å². The zero-order valence-electron chi connectivity index (χ0n) is 16.5. The highest BCUT2D eigenvalue weighted by molar-refractivity contribution is 5.73. The van der Waals surface area contributed by atoms with Crippen molar-refractivity contribution in [3.05, 3.63) is 41.7 Å². The molecule has 2 heterocycles. The van der Waals surface area contributed by atoms with Gasteiger partial charge in [0.15, 0.2) is 0 Å². The fourth-order valence-electron chi connectivity index (χ4n) is 3.26. The first kappa shape index (κ1) is 23.6. The van der Waals surface area contributed by atoms with Crippen LogP contribution < -0.4 is 0 Å². The second-order valence-corrected chi connectivity index (χ2v) is 7.14. The highest BCUT2D eigenvalue weighted by Gasteiger charge is 2.38. The SMILES string of the molecule is CC(Cc1ccc(O)cc1)N1CCC(n2cc(CO)nn2)CC1.O=C(O)C(F)(F)F. The molecule has 1 aliphatic heterocycles. The van der Waals surface area contributed by atoms with Crippen molar-refractivity contribution in [3.63, 3.8) is 0 Å². The number of carbonyl (C=O) groups is 1. The number of alkyl halides is 3. The predicted molar refractivity (Wildman–Crippen MR) is 101 cm³/mol. The molecule has 30 heavy (non-hydrogen) atoms. The Morgan fingerprint density at radius 2 is 1.80 bits per heavy atom. The number of phenolic OH excluding ortho intramolecular Hbond substituents is 1. The molecule has 3 N–H and O–H groups in total. The van der Waals surface area contributed by atoms with Crippen LogP contribution >= 0.6 is 0 Å². The minimum absolute atomic E-state index is 0.0531. The lowest BCUT2D eigenvalue weighted by Crippen LogP contribution is -2.41. The quantitative estimate of drug-likeness (QED) is 0.668. The zero-order chi connectivity index (χ0) is 22.3. The number of piperidine rings is 1. The van der Waals surface area contributed by atoms with E-state index >= 15 is 0 Å². The largest absolute Gasteiger partial charge is 0.508 e. The van der Waals surface area contributed by atoms with E-state index in [-0.39, 0.29) is 6.61 Å². The van der Waals surface area contributed by atoms with Gasteiger partial charge in [0, 0.05) is 19.1 Å². The molecule has 1 aromatic carbocycles. The Labute approximate surface area is 171 Å². The number of rotatable bonds is 5. The highest BCUT2D eigenvalue weighted by Crippen LogP contribution is 2.24. The number of carboxylic acids is 1. The van der Waals surface area contributed by atoms with Gasteiger partial charge in [-0.3, -0.25) is 0 Å². The molecular formula is C19H25F3N4O4. The fraction of sp³-hybridized carbons (Fsp3) is 0.526. The van der Waals surface area contributed by atoms with Gasteiger partial charge < -0.3 is 20.2 Å². The number of aromatic hydroxyl groups is 1. The summed E-state index contributed by atoms with van der Waals surface area (Å²) >= 11 is 0. The average molecular weight is 430 g/mol. The number of benzene rings is 1. The topological polar surface area (TPSA) is 112 Å². The molecular weight excluding hydrogens is 405 g/mol. The van der Waals surface area contributed by atoms with Crippen molar-refractivity contribution < 1.29 is 33.3 Å². The van der Waals surface area contributed by atoms with E-state index in [2.05, 4.69) is 22.1 Å². The smallest absolute Gasteiger partial charge is 0.490 e. The number of hydrogen-bond donors (Lipinski definition) is 3. The van der Waals surface area contributed by atoms with E-state index in [4.69, 9.17) is 15.0 Å². The van der Waals surface area contributed by atoms with Crippen LogP contribution in [-0.4, -0.2) is 66.5 Å². The minimum Gasteiger partial charge on any atom is -0.508 e. The van der Waals surface area contributed by atoms with Gasteiger partial charge in [-0.15, -0.1) is 5.10 Å². The van der Waals surface area contributed by atoms with Gasteiger partial charge in [0.05, 0.1) is 18.8 Å². The molecule has 1 aromatic heterocycles. The molecule has 0 bridgehead atoms. The maximum atomic E-state index is 10.6. The van der Waals surface area contributed by atoms with E-state index in [0.29, 0.717) is 23.5 Å². The second kappa shape index (κ2) is 10.4. The van der Waals surface area contributed by atoms with Gasteiger partial charge in [0.1, 0.15) is 11.4 Å². The Balaban J connectivity index is 0.000000396. The van der Waals surface area contributed by atoms with E-state index in [1.165, 1.54) is 5.56 Å². The van der Waals surface area contributed by atoms with Crippen LogP contribution in [0.25, 0.3) is 0 Å². The summed E-state index contributed by atoms with van der Waals surface area (Å²) in [6, 6.07) is 8.33. The molecule has 2 aromatic rings. The number of phenols is 1. The van der Waals surface area contributed by atoms with Gasteiger partial charge >= 0.3 is 12.1 Å². The molecule has 11 heteroatoms. The van der Waals surface area contributed by atoms with Crippen molar-refractivity contribution in [2.24, 2.45) is 0 Å². The third-order valence-corrected chi connectivity index (χ3v) is 4.93. The normalized spacial score (nSPS) is 16.6. The molecule has 1 atom stereocenters. The summed E-state index contributed by atoms with van der Waals surface area (Å²) in [5.74, 6) is -2.44. The van der Waals surface area contributed by atoms with Gasteiger partial charge in [0.25, 0.3) is 0 Å². The maximum absolute atomic E-state index is 10.6. The lowest BCUT2D eigenvalue weighted by atomic mass is 10.0. The van der Waals surface area contributed by atoms with Gasteiger partial charge in [-0.05, 0) is 43.9 Å². The summed E-state index contributed by atoms with van der Waals surface area (Å²) in [6.45, 7) is 4.28. The van der Waals surface area contributed by atoms with Crippen molar-refractivity contribution in [2.75, 3.05) is 13.1 Å². The van der Waals surface area contributed by atoms with Crippen molar-refractivity contribution in [1.29, 1.82) is 0 Å². The molecule has 1 aliphatic rings. The van der Waals surface area contributed by atoms with Crippen molar-refractivity contribution >= 4 is 5.97 Å². The van der Waals surface area contributed by atoms with Gasteiger partial charge in [0.2, 0.25) is 0 Å². The molecule has 0 saturated carbocycles. The first-order valence-electron chi connectivity index (χ1n) is 9.43. The Hall–Kier alpha value is -2.66. The van der Waals surface area contributed by atoms with Crippen molar-refractivity contribution in [2.45, 2.75) is 51.1 Å². The number of aliphatic hydroxyl groups excluding tert-OH is 1. The number of halogens is 3. The molecule has 166 valence electrons. The maximum Gasteiger partial charge on any atom is 0.490 e. The van der Waals surface area contributed by atoms with Crippen LogP contribution in [0.4, 0.5) is 13.2 Å². The summed E-state index contributed by atoms with van der Waals surface area (Å²) in [6.07, 6.45) is -0.147.